The number of hydrogen-bond acceptors (Lipinski definition) is 3. The smallest absolute Gasteiger partial charge is 0.191 e. The van der Waals surface area contributed by atoms with Crippen molar-refractivity contribution in [3.8, 4) is 11.8 Å². The summed E-state index contributed by atoms with van der Waals surface area (Å²) in [5, 5.41) is 10.5. The number of aliphatic hydroxyl groups is 1. The van der Waals surface area contributed by atoms with Crippen molar-refractivity contribution < 1.29 is 14.3 Å². The van der Waals surface area contributed by atoms with Gasteiger partial charge < -0.3 is 14.3 Å². The second-order valence-electron chi connectivity index (χ2n) is 9.70. The molecule has 0 unspecified atom stereocenters. The molecule has 3 nitrogen and oxygen atoms in total. The number of rotatable bonds is 11. The molecule has 0 spiro atoms. The van der Waals surface area contributed by atoms with Crippen molar-refractivity contribution in [3.05, 3.63) is 35.9 Å². The Morgan fingerprint density at radius 1 is 1.07 bits per heavy atom. The van der Waals surface area contributed by atoms with E-state index >= 15 is 0 Å². The Labute approximate surface area is 180 Å². The van der Waals surface area contributed by atoms with E-state index < -0.39 is 14.4 Å². The van der Waals surface area contributed by atoms with Crippen LogP contribution in [0.2, 0.25) is 18.1 Å². The number of aliphatic hydroxyl groups excluding tert-OH is 1. The van der Waals surface area contributed by atoms with Crippen molar-refractivity contribution in [2.45, 2.75) is 97.2 Å². The van der Waals surface area contributed by atoms with Crippen LogP contribution in [0.1, 0.15) is 65.9 Å². The number of benzene rings is 1. The average Bonchev–Trinajstić information content (AvgIpc) is 2.66. The first-order valence-corrected chi connectivity index (χ1v) is 13.9. The molecule has 0 aliphatic rings. The molecule has 0 heterocycles. The van der Waals surface area contributed by atoms with E-state index in [1.807, 2.05) is 37.3 Å². The van der Waals surface area contributed by atoms with Crippen molar-refractivity contribution in [2.24, 2.45) is 5.92 Å². The number of unbranched alkanes of at least 4 members (excludes halogenated alkanes) is 1. The highest BCUT2D eigenvalue weighted by molar-refractivity contribution is 6.74. The van der Waals surface area contributed by atoms with E-state index in [4.69, 9.17) is 9.16 Å². The average molecular weight is 419 g/mol. The Kier molecular flexibility index (Phi) is 11.2. The van der Waals surface area contributed by atoms with E-state index in [9.17, 15) is 5.11 Å². The highest BCUT2D eigenvalue weighted by Gasteiger charge is 2.37. The third-order valence-electron chi connectivity index (χ3n) is 5.87. The first-order chi connectivity index (χ1) is 13.5. The largest absolute Gasteiger partial charge is 0.417 e. The molecule has 164 valence electrons. The summed E-state index contributed by atoms with van der Waals surface area (Å²) in [4.78, 5) is 0. The van der Waals surface area contributed by atoms with Gasteiger partial charge in [0.05, 0.1) is 18.8 Å². The lowest BCUT2D eigenvalue weighted by Crippen LogP contribution is -2.41. The predicted octanol–water partition coefficient (Wildman–Crippen LogP) is 6.17. The first-order valence-electron chi connectivity index (χ1n) is 11.0. The lowest BCUT2D eigenvalue weighted by molar-refractivity contribution is -0.0325. The summed E-state index contributed by atoms with van der Waals surface area (Å²) < 4.78 is 12.1. The minimum absolute atomic E-state index is 0.225. The minimum atomic E-state index is -1.65. The van der Waals surface area contributed by atoms with Gasteiger partial charge in [-0.2, -0.15) is 0 Å². The zero-order chi connectivity index (χ0) is 21.9. The van der Waals surface area contributed by atoms with Gasteiger partial charge in [-0.15, -0.1) is 11.8 Å². The van der Waals surface area contributed by atoms with Gasteiger partial charge in [-0.1, -0.05) is 58.0 Å². The Balaban J connectivity index is 2.18. The van der Waals surface area contributed by atoms with E-state index in [1.54, 1.807) is 0 Å². The van der Waals surface area contributed by atoms with Crippen molar-refractivity contribution in [2.75, 3.05) is 6.61 Å². The molecule has 1 aromatic carbocycles. The van der Waals surface area contributed by atoms with Crippen LogP contribution < -0.4 is 0 Å². The topological polar surface area (TPSA) is 38.7 Å². The van der Waals surface area contributed by atoms with Crippen LogP contribution in [0.4, 0.5) is 0 Å². The fourth-order valence-corrected chi connectivity index (χ4v) is 3.67. The molecule has 1 rings (SSSR count). The molecule has 1 N–H and O–H groups in total. The summed E-state index contributed by atoms with van der Waals surface area (Å²) in [7, 11) is -1.65. The molecule has 3 atom stereocenters. The molecule has 0 saturated carbocycles. The molecular formula is C25H42O3Si. The van der Waals surface area contributed by atoms with E-state index in [1.165, 1.54) is 0 Å². The molecular weight excluding hydrogens is 376 g/mol. The van der Waals surface area contributed by atoms with Crippen molar-refractivity contribution in [3.63, 3.8) is 0 Å². The molecule has 0 bridgehead atoms. The van der Waals surface area contributed by atoms with Crippen LogP contribution in [0.5, 0.6) is 0 Å². The van der Waals surface area contributed by atoms with E-state index in [0.29, 0.717) is 18.9 Å². The van der Waals surface area contributed by atoms with Crippen LogP contribution in [0, 0.1) is 17.8 Å². The quantitative estimate of drug-likeness (QED) is 0.265. The van der Waals surface area contributed by atoms with Crippen molar-refractivity contribution in [1.82, 2.24) is 0 Å². The Morgan fingerprint density at radius 3 is 2.34 bits per heavy atom. The molecule has 0 aliphatic heterocycles. The summed E-state index contributed by atoms with van der Waals surface area (Å²) in [6, 6.07) is 10.0. The second kappa shape index (κ2) is 12.5. The number of hydrogen-bond donors (Lipinski definition) is 1. The van der Waals surface area contributed by atoms with Crippen LogP contribution in [0.25, 0.3) is 0 Å². The van der Waals surface area contributed by atoms with Gasteiger partial charge in [-0.05, 0) is 49.4 Å². The maximum Gasteiger partial charge on any atom is 0.191 e. The lowest BCUT2D eigenvalue weighted by Gasteiger charge is -2.37. The monoisotopic (exact) mass is 418 g/mol. The Bertz CT molecular complexity index is 625. The molecule has 29 heavy (non-hydrogen) atoms. The normalized spacial score (nSPS) is 15.3. The zero-order valence-electron chi connectivity index (χ0n) is 19.6. The maximum atomic E-state index is 10.2. The molecule has 0 aromatic heterocycles. The molecule has 0 radical (unpaired) electrons. The minimum Gasteiger partial charge on any atom is -0.417 e. The van der Waals surface area contributed by atoms with Crippen LogP contribution in [0.15, 0.2) is 30.3 Å². The SMILES string of the molecule is C[C@@H](CCCC#CC[C@H](O)[C@@H](C)OCc1ccccc1)CO[Si](C)(C)C(C)(C)C. The van der Waals surface area contributed by atoms with Gasteiger partial charge in [0.1, 0.15) is 0 Å². The summed E-state index contributed by atoms with van der Waals surface area (Å²) in [5.41, 5.74) is 1.12. The van der Waals surface area contributed by atoms with Gasteiger partial charge in [-0.25, -0.2) is 0 Å². The number of ether oxygens (including phenoxy) is 1. The molecule has 0 amide bonds. The zero-order valence-corrected chi connectivity index (χ0v) is 20.6. The standard InChI is InChI=1S/C25H42O3Si/c1-21(19-28-29(6,7)25(3,4)5)15-11-8-9-14-18-24(26)22(2)27-20-23-16-12-10-13-17-23/h10,12-13,16-17,21-22,24,26H,8,11,15,18-20H2,1-7H3/t21-,22+,24-/m0/s1. The van der Waals surface area contributed by atoms with E-state index in [-0.39, 0.29) is 11.1 Å². The van der Waals surface area contributed by atoms with E-state index in [0.717, 1.165) is 31.4 Å². The molecule has 0 saturated heterocycles. The fourth-order valence-electron chi connectivity index (χ4n) is 2.53. The van der Waals surface area contributed by atoms with Crippen LogP contribution >= 0.6 is 0 Å². The summed E-state index contributed by atoms with van der Waals surface area (Å²) >= 11 is 0. The summed E-state index contributed by atoms with van der Waals surface area (Å²) in [6.07, 6.45) is 2.75. The second-order valence-corrected chi connectivity index (χ2v) is 14.5. The van der Waals surface area contributed by atoms with Gasteiger partial charge in [-0.3, -0.25) is 0 Å². The lowest BCUT2D eigenvalue weighted by atomic mass is 10.1. The predicted molar refractivity (Wildman–Crippen MR) is 125 cm³/mol. The van der Waals surface area contributed by atoms with Crippen LogP contribution in [-0.4, -0.2) is 32.2 Å². The molecule has 0 fully saturated rings. The Hall–Kier alpha value is -1.12. The van der Waals surface area contributed by atoms with Gasteiger partial charge in [0, 0.05) is 19.4 Å². The van der Waals surface area contributed by atoms with Gasteiger partial charge in [0.15, 0.2) is 8.32 Å². The van der Waals surface area contributed by atoms with Crippen molar-refractivity contribution >= 4 is 8.32 Å². The Morgan fingerprint density at radius 2 is 1.72 bits per heavy atom. The van der Waals surface area contributed by atoms with Crippen LogP contribution in [0.3, 0.4) is 0 Å². The molecule has 0 aliphatic carbocycles. The summed E-state index contributed by atoms with van der Waals surface area (Å²) in [6.45, 7) is 17.0. The first kappa shape index (κ1) is 25.9. The van der Waals surface area contributed by atoms with Gasteiger partial charge in [0.25, 0.3) is 0 Å². The van der Waals surface area contributed by atoms with Gasteiger partial charge >= 0.3 is 0 Å². The third-order valence-corrected chi connectivity index (χ3v) is 10.4. The highest BCUT2D eigenvalue weighted by atomic mass is 28.4. The fraction of sp³-hybridized carbons (Fsp3) is 0.680. The molecule has 4 heteroatoms. The summed E-state index contributed by atoms with van der Waals surface area (Å²) in [5.74, 6) is 6.87. The highest BCUT2D eigenvalue weighted by Crippen LogP contribution is 2.36. The molecule has 1 aromatic rings. The van der Waals surface area contributed by atoms with E-state index in [2.05, 4.69) is 52.6 Å². The van der Waals surface area contributed by atoms with Crippen molar-refractivity contribution in [1.29, 1.82) is 0 Å². The van der Waals surface area contributed by atoms with Gasteiger partial charge in [0.2, 0.25) is 0 Å². The van der Waals surface area contributed by atoms with Crippen LogP contribution in [-0.2, 0) is 15.8 Å². The third kappa shape index (κ3) is 10.5. The maximum absolute atomic E-state index is 10.2.